The van der Waals surface area contributed by atoms with Crippen molar-refractivity contribution in [1.82, 2.24) is 5.43 Å². The number of hydrogen-bond acceptors (Lipinski definition) is 2. The van der Waals surface area contributed by atoms with Crippen LogP contribution in [-0.4, -0.2) is 12.1 Å². The minimum atomic E-state index is -0.116. The number of amides is 1. The maximum Gasteiger partial charge on any atom is 0.246 e. The van der Waals surface area contributed by atoms with Gasteiger partial charge in [-0.2, -0.15) is 5.10 Å². The summed E-state index contributed by atoms with van der Waals surface area (Å²) in [5.74, 6) is 2.51. The Morgan fingerprint density at radius 2 is 1.65 bits per heavy atom. The maximum atomic E-state index is 12.7. The van der Waals surface area contributed by atoms with Crippen LogP contribution in [0, 0.1) is 23.2 Å². The van der Waals surface area contributed by atoms with Crippen LogP contribution >= 0.6 is 0 Å². The third-order valence-corrected chi connectivity index (χ3v) is 5.93. The lowest BCUT2D eigenvalue weighted by Crippen LogP contribution is -2.52. The van der Waals surface area contributed by atoms with Crippen molar-refractivity contribution in [2.75, 3.05) is 0 Å². The fourth-order valence-electron chi connectivity index (χ4n) is 5.36. The smallest absolute Gasteiger partial charge is 0.246 e. The molecule has 4 bridgehead atoms. The van der Waals surface area contributed by atoms with E-state index in [4.69, 9.17) is 0 Å². The van der Waals surface area contributed by atoms with Gasteiger partial charge < -0.3 is 0 Å². The summed E-state index contributed by atoms with van der Waals surface area (Å²) in [6.07, 6.45) is 12.8. The van der Waals surface area contributed by atoms with Crippen molar-refractivity contribution < 1.29 is 4.79 Å². The highest BCUT2D eigenvalue weighted by Gasteiger charge is 2.54. The van der Waals surface area contributed by atoms with Gasteiger partial charge in [0.15, 0.2) is 0 Å². The van der Waals surface area contributed by atoms with E-state index in [9.17, 15) is 4.79 Å². The van der Waals surface area contributed by atoms with Crippen LogP contribution in [0.2, 0.25) is 0 Å². The van der Waals surface area contributed by atoms with Gasteiger partial charge in [-0.3, -0.25) is 4.79 Å². The van der Waals surface area contributed by atoms with Crippen molar-refractivity contribution in [3.63, 3.8) is 0 Å². The monoisotopic (exact) mass is 308 g/mol. The molecular weight excluding hydrogens is 284 g/mol. The standard InChI is InChI=1S/C20H24N2O/c23-19(22-21-8-4-7-15-5-2-1-3-6-15)20-12-16-9-17(13-20)11-18(10-16)14-20/h1-8,16-18H,9-14H2,(H,22,23). The van der Waals surface area contributed by atoms with Crippen LogP contribution in [-0.2, 0) is 4.79 Å². The summed E-state index contributed by atoms with van der Waals surface area (Å²) >= 11 is 0. The van der Waals surface area contributed by atoms with E-state index in [1.54, 1.807) is 6.21 Å². The molecule has 0 atom stereocenters. The Bertz CT molecular complexity index is 597. The molecule has 1 N–H and O–H groups in total. The van der Waals surface area contributed by atoms with Crippen LogP contribution in [0.25, 0.3) is 6.08 Å². The molecule has 3 heteroatoms. The number of benzene rings is 1. The first kappa shape index (κ1) is 14.7. The van der Waals surface area contributed by atoms with Gasteiger partial charge in [0, 0.05) is 6.21 Å². The van der Waals surface area contributed by atoms with Gasteiger partial charge in [-0.25, -0.2) is 5.43 Å². The zero-order valence-electron chi connectivity index (χ0n) is 13.4. The van der Waals surface area contributed by atoms with Gasteiger partial charge in [0.25, 0.3) is 0 Å². The van der Waals surface area contributed by atoms with E-state index in [2.05, 4.69) is 10.5 Å². The largest absolute Gasteiger partial charge is 0.273 e. The lowest BCUT2D eigenvalue weighted by molar-refractivity contribution is -0.146. The Balaban J connectivity index is 1.35. The molecular formula is C20H24N2O. The molecule has 4 aliphatic rings. The predicted molar refractivity (Wildman–Crippen MR) is 92.7 cm³/mol. The van der Waals surface area contributed by atoms with Crippen LogP contribution < -0.4 is 5.43 Å². The second-order valence-electron chi connectivity index (χ2n) is 7.69. The quantitative estimate of drug-likeness (QED) is 0.662. The number of allylic oxidation sites excluding steroid dienone is 1. The molecule has 1 aromatic rings. The van der Waals surface area contributed by atoms with E-state index in [-0.39, 0.29) is 11.3 Å². The number of carbonyl (C=O) groups is 1. The Morgan fingerprint density at radius 1 is 1.04 bits per heavy atom. The lowest BCUT2D eigenvalue weighted by atomic mass is 9.49. The average molecular weight is 308 g/mol. The van der Waals surface area contributed by atoms with E-state index in [0.717, 1.165) is 42.6 Å². The van der Waals surface area contributed by atoms with Gasteiger partial charge in [-0.05, 0) is 67.9 Å². The highest BCUT2D eigenvalue weighted by molar-refractivity contribution is 5.85. The van der Waals surface area contributed by atoms with E-state index in [1.807, 2.05) is 42.5 Å². The van der Waals surface area contributed by atoms with Crippen LogP contribution in [0.15, 0.2) is 41.5 Å². The van der Waals surface area contributed by atoms with Crippen LogP contribution in [0.1, 0.15) is 44.1 Å². The second kappa shape index (κ2) is 5.95. The molecule has 0 aromatic heterocycles. The van der Waals surface area contributed by atoms with Crippen molar-refractivity contribution in [2.24, 2.45) is 28.3 Å². The van der Waals surface area contributed by atoms with Crippen molar-refractivity contribution in [1.29, 1.82) is 0 Å². The average Bonchev–Trinajstić information content (AvgIpc) is 2.54. The molecule has 5 rings (SSSR count). The molecule has 1 aromatic carbocycles. The van der Waals surface area contributed by atoms with E-state index >= 15 is 0 Å². The lowest BCUT2D eigenvalue weighted by Gasteiger charge is -2.55. The summed E-state index contributed by atoms with van der Waals surface area (Å²) in [6, 6.07) is 10.1. The Labute approximate surface area is 137 Å². The van der Waals surface area contributed by atoms with Gasteiger partial charge in [-0.1, -0.05) is 36.4 Å². The molecule has 4 fully saturated rings. The minimum absolute atomic E-state index is 0.116. The fraction of sp³-hybridized carbons (Fsp3) is 0.500. The highest BCUT2D eigenvalue weighted by Crippen LogP contribution is 2.60. The number of nitrogens with zero attached hydrogens (tertiary/aromatic N) is 1. The van der Waals surface area contributed by atoms with Gasteiger partial charge in [0.2, 0.25) is 5.91 Å². The summed E-state index contributed by atoms with van der Waals surface area (Å²) in [6.45, 7) is 0. The van der Waals surface area contributed by atoms with Crippen molar-refractivity contribution >= 4 is 18.2 Å². The van der Waals surface area contributed by atoms with Crippen LogP contribution in [0.5, 0.6) is 0 Å². The normalized spacial score (nSPS) is 35.2. The van der Waals surface area contributed by atoms with E-state index < -0.39 is 0 Å². The van der Waals surface area contributed by atoms with Gasteiger partial charge >= 0.3 is 0 Å². The summed E-state index contributed by atoms with van der Waals surface area (Å²) in [7, 11) is 0. The molecule has 4 aliphatic carbocycles. The molecule has 0 unspecified atom stereocenters. The Morgan fingerprint density at radius 3 is 2.26 bits per heavy atom. The summed E-state index contributed by atoms with van der Waals surface area (Å²) < 4.78 is 0. The van der Waals surface area contributed by atoms with E-state index in [1.165, 1.54) is 19.3 Å². The maximum absolute atomic E-state index is 12.7. The Hall–Kier alpha value is -1.90. The van der Waals surface area contributed by atoms with E-state index in [0.29, 0.717) is 0 Å². The molecule has 0 aliphatic heterocycles. The predicted octanol–water partition coefficient (Wildman–Crippen LogP) is 4.02. The molecule has 120 valence electrons. The zero-order valence-corrected chi connectivity index (χ0v) is 13.4. The molecule has 0 spiro atoms. The first-order chi connectivity index (χ1) is 11.2. The SMILES string of the molecule is O=C(NN=CC=Cc1ccccc1)C12CC3CC(CC(C3)C1)C2. The zero-order chi connectivity index (χ0) is 15.7. The molecule has 23 heavy (non-hydrogen) atoms. The molecule has 3 nitrogen and oxygen atoms in total. The first-order valence-electron chi connectivity index (χ1n) is 8.79. The summed E-state index contributed by atoms with van der Waals surface area (Å²) in [4.78, 5) is 12.7. The molecule has 0 heterocycles. The van der Waals surface area contributed by atoms with Crippen molar-refractivity contribution in [2.45, 2.75) is 38.5 Å². The summed E-state index contributed by atoms with van der Waals surface area (Å²) in [5, 5.41) is 4.13. The third-order valence-electron chi connectivity index (χ3n) is 5.93. The minimum Gasteiger partial charge on any atom is -0.273 e. The molecule has 0 radical (unpaired) electrons. The summed E-state index contributed by atoms with van der Waals surface area (Å²) in [5.41, 5.74) is 3.82. The van der Waals surface area contributed by atoms with Gasteiger partial charge in [0.05, 0.1) is 5.41 Å². The molecule has 0 saturated heterocycles. The topological polar surface area (TPSA) is 41.5 Å². The first-order valence-corrected chi connectivity index (χ1v) is 8.79. The third kappa shape index (κ3) is 2.97. The number of hydrogen-bond donors (Lipinski definition) is 1. The second-order valence-corrected chi connectivity index (χ2v) is 7.69. The Kier molecular flexibility index (Phi) is 3.80. The highest BCUT2D eigenvalue weighted by atomic mass is 16.2. The molecule has 4 saturated carbocycles. The van der Waals surface area contributed by atoms with Crippen LogP contribution in [0.4, 0.5) is 0 Å². The number of carbonyl (C=O) groups excluding carboxylic acids is 1. The van der Waals surface area contributed by atoms with Crippen molar-refractivity contribution in [3.05, 3.63) is 42.0 Å². The number of rotatable bonds is 4. The van der Waals surface area contributed by atoms with Gasteiger partial charge in [0.1, 0.15) is 0 Å². The van der Waals surface area contributed by atoms with Gasteiger partial charge in [-0.15, -0.1) is 0 Å². The van der Waals surface area contributed by atoms with Crippen LogP contribution in [0.3, 0.4) is 0 Å². The fourth-order valence-corrected chi connectivity index (χ4v) is 5.36. The van der Waals surface area contributed by atoms with Crippen molar-refractivity contribution in [3.8, 4) is 0 Å². The number of nitrogens with one attached hydrogen (secondary N) is 1. The number of hydrazone groups is 1. The molecule has 1 amide bonds.